The Morgan fingerprint density at radius 2 is 1.89 bits per heavy atom. The van der Waals surface area contributed by atoms with Crippen LogP contribution in [-0.2, 0) is 4.79 Å². The first kappa shape index (κ1) is 14.2. The van der Waals surface area contributed by atoms with Gasteiger partial charge >= 0.3 is 12.0 Å². The summed E-state index contributed by atoms with van der Waals surface area (Å²) in [6.07, 6.45) is 5.33. The first-order chi connectivity index (χ1) is 9.02. The molecule has 5 heteroatoms. The van der Waals surface area contributed by atoms with E-state index in [0.29, 0.717) is 12.0 Å². The van der Waals surface area contributed by atoms with Crippen molar-refractivity contribution in [3.05, 3.63) is 0 Å². The second kappa shape index (κ2) is 5.80. The smallest absolute Gasteiger partial charge is 0.323 e. The Morgan fingerprint density at radius 1 is 1.26 bits per heavy atom. The van der Waals surface area contributed by atoms with Gasteiger partial charge in [0.05, 0.1) is 0 Å². The summed E-state index contributed by atoms with van der Waals surface area (Å²) >= 11 is 0. The van der Waals surface area contributed by atoms with Crippen LogP contribution in [-0.4, -0.2) is 52.1 Å². The van der Waals surface area contributed by atoms with Gasteiger partial charge in [0, 0.05) is 18.6 Å². The molecule has 2 rings (SSSR count). The van der Waals surface area contributed by atoms with Crippen LogP contribution in [0.3, 0.4) is 0 Å². The molecule has 2 saturated carbocycles. The Morgan fingerprint density at radius 3 is 2.32 bits per heavy atom. The summed E-state index contributed by atoms with van der Waals surface area (Å²) in [4.78, 5) is 27.0. The van der Waals surface area contributed by atoms with Gasteiger partial charge < -0.3 is 14.9 Å². The second-order valence-electron chi connectivity index (χ2n) is 5.89. The third-order valence-electron chi connectivity index (χ3n) is 4.06. The molecule has 0 radical (unpaired) electrons. The maximum atomic E-state index is 12.6. The Labute approximate surface area is 114 Å². The van der Waals surface area contributed by atoms with Crippen LogP contribution in [0.2, 0.25) is 0 Å². The van der Waals surface area contributed by atoms with Gasteiger partial charge in [-0.15, -0.1) is 0 Å². The van der Waals surface area contributed by atoms with Crippen molar-refractivity contribution in [3.8, 4) is 0 Å². The molecule has 2 aliphatic rings. The van der Waals surface area contributed by atoms with Crippen LogP contribution in [0.5, 0.6) is 0 Å². The van der Waals surface area contributed by atoms with Gasteiger partial charge in [-0.1, -0.05) is 6.92 Å². The first-order valence-electron chi connectivity index (χ1n) is 7.32. The maximum absolute atomic E-state index is 12.6. The molecule has 1 unspecified atom stereocenters. The number of carboxylic acids is 1. The van der Waals surface area contributed by atoms with Crippen LogP contribution in [0, 0.1) is 5.92 Å². The number of rotatable bonds is 7. The summed E-state index contributed by atoms with van der Waals surface area (Å²) in [6.45, 7) is 4.52. The fourth-order valence-electron chi connectivity index (χ4n) is 2.29. The molecule has 0 aliphatic heterocycles. The van der Waals surface area contributed by atoms with E-state index in [1.807, 2.05) is 18.7 Å². The van der Waals surface area contributed by atoms with Crippen molar-refractivity contribution in [1.82, 2.24) is 9.80 Å². The molecule has 0 aromatic heterocycles. The number of nitrogens with zero attached hydrogens (tertiary/aromatic N) is 2. The minimum atomic E-state index is -0.934. The lowest BCUT2D eigenvalue weighted by Crippen LogP contribution is -2.50. The number of amides is 2. The molecule has 19 heavy (non-hydrogen) atoms. The molecule has 2 aliphatic carbocycles. The zero-order valence-corrected chi connectivity index (χ0v) is 11.8. The van der Waals surface area contributed by atoms with Gasteiger partial charge in [-0.3, -0.25) is 4.79 Å². The van der Waals surface area contributed by atoms with E-state index >= 15 is 0 Å². The molecule has 5 nitrogen and oxygen atoms in total. The number of carbonyl (C=O) groups excluding carboxylic acids is 1. The Kier molecular flexibility index (Phi) is 4.32. The fourth-order valence-corrected chi connectivity index (χ4v) is 2.29. The second-order valence-corrected chi connectivity index (χ2v) is 5.89. The quantitative estimate of drug-likeness (QED) is 0.769. The highest BCUT2D eigenvalue weighted by Gasteiger charge is 2.39. The predicted molar refractivity (Wildman–Crippen MR) is 71.9 cm³/mol. The lowest BCUT2D eigenvalue weighted by atomic mass is 10.2. The van der Waals surface area contributed by atoms with Crippen molar-refractivity contribution in [2.75, 3.05) is 13.1 Å². The highest BCUT2D eigenvalue weighted by atomic mass is 16.4. The molecule has 1 N–H and O–H groups in total. The lowest BCUT2D eigenvalue weighted by molar-refractivity contribution is -0.138. The van der Waals surface area contributed by atoms with Gasteiger partial charge in [0.1, 0.15) is 6.54 Å². The van der Waals surface area contributed by atoms with Crippen LogP contribution in [0.4, 0.5) is 4.79 Å². The summed E-state index contributed by atoms with van der Waals surface area (Å²) < 4.78 is 0. The van der Waals surface area contributed by atoms with E-state index in [1.54, 1.807) is 0 Å². The van der Waals surface area contributed by atoms with Gasteiger partial charge in [0.15, 0.2) is 0 Å². The Balaban J connectivity index is 2.03. The minimum absolute atomic E-state index is 0.0240. The Hall–Kier alpha value is -1.26. The van der Waals surface area contributed by atoms with Gasteiger partial charge in [0.2, 0.25) is 0 Å². The lowest BCUT2D eigenvalue weighted by Gasteiger charge is -2.33. The highest BCUT2D eigenvalue weighted by molar-refractivity contribution is 5.81. The van der Waals surface area contributed by atoms with Gasteiger partial charge in [-0.05, 0) is 44.9 Å². The van der Waals surface area contributed by atoms with Crippen LogP contribution in [0.1, 0.15) is 46.0 Å². The minimum Gasteiger partial charge on any atom is -0.480 e. The number of carbonyl (C=O) groups is 2. The van der Waals surface area contributed by atoms with E-state index in [0.717, 1.165) is 25.8 Å². The summed E-state index contributed by atoms with van der Waals surface area (Å²) in [5.41, 5.74) is 0. The maximum Gasteiger partial charge on any atom is 0.323 e. The average molecular weight is 268 g/mol. The zero-order valence-electron chi connectivity index (χ0n) is 11.8. The molecular weight excluding hydrogens is 244 g/mol. The fraction of sp³-hybridized carbons (Fsp3) is 0.857. The first-order valence-corrected chi connectivity index (χ1v) is 7.32. The van der Waals surface area contributed by atoms with E-state index in [9.17, 15) is 9.59 Å². The molecule has 0 saturated heterocycles. The zero-order chi connectivity index (χ0) is 14.0. The van der Waals surface area contributed by atoms with Crippen LogP contribution in [0.15, 0.2) is 0 Å². The summed E-state index contributed by atoms with van der Waals surface area (Å²) in [5, 5.41) is 9.00. The van der Waals surface area contributed by atoms with Gasteiger partial charge in [0.25, 0.3) is 0 Å². The average Bonchev–Trinajstić information content (AvgIpc) is 3.23. The molecule has 0 aromatic rings. The van der Waals surface area contributed by atoms with Crippen LogP contribution in [0.25, 0.3) is 0 Å². The molecule has 0 heterocycles. The van der Waals surface area contributed by atoms with Crippen LogP contribution >= 0.6 is 0 Å². The summed E-state index contributed by atoms with van der Waals surface area (Å²) in [5.74, 6) is -0.288. The summed E-state index contributed by atoms with van der Waals surface area (Å²) in [6, 6.07) is 0.253. The van der Waals surface area contributed by atoms with E-state index in [2.05, 4.69) is 0 Å². The van der Waals surface area contributed by atoms with Crippen molar-refractivity contribution in [2.45, 2.75) is 58.0 Å². The topological polar surface area (TPSA) is 60.9 Å². The molecule has 2 amide bonds. The van der Waals surface area contributed by atoms with E-state index in [1.165, 1.54) is 17.7 Å². The van der Waals surface area contributed by atoms with Crippen LogP contribution < -0.4 is 0 Å². The van der Waals surface area contributed by atoms with Crippen molar-refractivity contribution in [2.24, 2.45) is 5.92 Å². The molecule has 1 atom stereocenters. The SMILES string of the molecule is CCC(C)N(CC(=O)O)C(=O)N(CC1CC1)C1CC1. The molecule has 2 fully saturated rings. The number of carboxylic acid groups (broad SMARTS) is 1. The molecule has 0 aromatic carbocycles. The van der Waals surface area contributed by atoms with Crippen molar-refractivity contribution < 1.29 is 14.7 Å². The number of aliphatic carboxylic acids is 1. The predicted octanol–water partition coefficient (Wildman–Crippen LogP) is 2.17. The monoisotopic (exact) mass is 268 g/mol. The number of hydrogen-bond acceptors (Lipinski definition) is 2. The van der Waals surface area contributed by atoms with Gasteiger partial charge in [-0.25, -0.2) is 4.79 Å². The normalized spacial score (nSPS) is 19.9. The van der Waals surface area contributed by atoms with E-state index in [4.69, 9.17) is 5.11 Å². The van der Waals surface area contributed by atoms with E-state index < -0.39 is 5.97 Å². The molecule has 108 valence electrons. The molecular formula is C14H24N2O3. The van der Waals surface area contributed by atoms with Crippen molar-refractivity contribution in [1.29, 1.82) is 0 Å². The third kappa shape index (κ3) is 3.85. The van der Waals surface area contributed by atoms with Crippen molar-refractivity contribution >= 4 is 12.0 Å². The third-order valence-corrected chi connectivity index (χ3v) is 4.06. The Bertz CT molecular complexity index is 351. The number of urea groups is 1. The largest absolute Gasteiger partial charge is 0.480 e. The standard InChI is InChI=1S/C14H24N2O3/c1-3-10(2)15(9-13(17)18)14(19)16(12-6-7-12)8-11-4-5-11/h10-12H,3-9H2,1-2H3,(H,17,18). The molecule has 0 bridgehead atoms. The van der Waals surface area contributed by atoms with E-state index in [-0.39, 0.29) is 18.6 Å². The summed E-state index contributed by atoms with van der Waals surface area (Å²) in [7, 11) is 0. The van der Waals surface area contributed by atoms with Gasteiger partial charge in [-0.2, -0.15) is 0 Å². The molecule has 0 spiro atoms. The highest BCUT2D eigenvalue weighted by Crippen LogP contribution is 2.35. The van der Waals surface area contributed by atoms with Crippen molar-refractivity contribution in [3.63, 3.8) is 0 Å². The number of hydrogen-bond donors (Lipinski definition) is 1.